The second-order valence-electron chi connectivity index (χ2n) is 8.91. The molecule has 2 N–H and O–H groups in total. The lowest BCUT2D eigenvalue weighted by atomic mass is 10.00. The first-order chi connectivity index (χ1) is 20.5. The number of anilines is 1. The smallest absolute Gasteiger partial charge is 0.416 e. The van der Waals surface area contributed by atoms with Gasteiger partial charge in [0.15, 0.2) is 12.4 Å². The highest BCUT2D eigenvalue weighted by molar-refractivity contribution is 7.97. The number of methoxy groups -OCH3 is 1. The number of hydrogen-bond acceptors (Lipinski definition) is 8. The molecule has 0 atom stereocenters. The number of halogens is 5. The monoisotopic (exact) mass is 644 g/mol. The third-order valence-electron chi connectivity index (χ3n) is 5.66. The molecule has 0 heterocycles. The van der Waals surface area contributed by atoms with Crippen LogP contribution in [0.25, 0.3) is 0 Å². The number of ketones is 1. The van der Waals surface area contributed by atoms with Crippen LogP contribution in [-0.2, 0) is 25.2 Å². The van der Waals surface area contributed by atoms with Crippen LogP contribution in [-0.4, -0.2) is 58.6 Å². The number of hydrogen-bond donors (Lipinski definition) is 2. The van der Waals surface area contributed by atoms with Crippen LogP contribution in [0.3, 0.4) is 0 Å². The van der Waals surface area contributed by atoms with Gasteiger partial charge in [-0.3, -0.25) is 9.59 Å². The maximum atomic E-state index is 13.9. The molecule has 0 bridgehead atoms. The maximum Gasteiger partial charge on any atom is 0.416 e. The Morgan fingerprint density at radius 3 is 2.42 bits per heavy atom. The first-order valence-electron chi connectivity index (χ1n) is 12.8. The second-order valence-corrected chi connectivity index (χ2v) is 10.3. The molecule has 0 aromatic heterocycles. The highest BCUT2D eigenvalue weighted by Crippen LogP contribution is 2.32. The number of rotatable bonds is 16. The SMILES string of the molecule is COCCOCCOCNSc1ccc(NC(=O)COc2ccc(Cl)cc2C(=O)c2cc(F)cc(C(F)(F)F)c2)c(C)c1. The van der Waals surface area contributed by atoms with Gasteiger partial charge in [0.2, 0.25) is 0 Å². The highest BCUT2D eigenvalue weighted by Gasteiger charge is 2.32. The number of carbonyl (C=O) groups excluding carboxylic acids is 2. The average molecular weight is 645 g/mol. The summed E-state index contributed by atoms with van der Waals surface area (Å²) in [4.78, 5) is 26.5. The van der Waals surface area contributed by atoms with Crippen LogP contribution in [0, 0.1) is 12.7 Å². The van der Waals surface area contributed by atoms with E-state index in [0.29, 0.717) is 57.0 Å². The van der Waals surface area contributed by atoms with E-state index < -0.39 is 41.4 Å². The van der Waals surface area contributed by atoms with Gasteiger partial charge >= 0.3 is 6.18 Å². The maximum absolute atomic E-state index is 13.9. The zero-order chi connectivity index (χ0) is 31.4. The number of benzene rings is 3. The molecule has 14 heteroatoms. The predicted molar refractivity (Wildman–Crippen MR) is 154 cm³/mol. The molecule has 3 aromatic rings. The summed E-state index contributed by atoms with van der Waals surface area (Å²) in [5.74, 6) is -2.85. The van der Waals surface area contributed by atoms with Gasteiger partial charge in [-0.2, -0.15) is 13.2 Å². The largest absolute Gasteiger partial charge is 0.483 e. The van der Waals surface area contributed by atoms with Gasteiger partial charge in [0.05, 0.1) is 37.6 Å². The number of carbonyl (C=O) groups is 2. The van der Waals surface area contributed by atoms with Crippen LogP contribution in [0.2, 0.25) is 5.02 Å². The molecule has 8 nitrogen and oxygen atoms in total. The fourth-order valence-electron chi connectivity index (χ4n) is 3.60. The fraction of sp³-hybridized carbons (Fsp3) is 0.310. The van der Waals surface area contributed by atoms with Crippen molar-refractivity contribution in [2.45, 2.75) is 18.0 Å². The molecule has 0 aliphatic heterocycles. The molecule has 0 aliphatic rings. The van der Waals surface area contributed by atoms with Gasteiger partial charge in [0.1, 0.15) is 18.3 Å². The van der Waals surface area contributed by atoms with Crippen LogP contribution in [0.15, 0.2) is 59.5 Å². The molecule has 43 heavy (non-hydrogen) atoms. The molecular weight excluding hydrogens is 616 g/mol. The van der Waals surface area contributed by atoms with Gasteiger partial charge in [-0.05, 0) is 79.0 Å². The van der Waals surface area contributed by atoms with E-state index in [0.717, 1.165) is 10.5 Å². The Balaban J connectivity index is 1.55. The van der Waals surface area contributed by atoms with Crippen molar-refractivity contribution in [3.63, 3.8) is 0 Å². The lowest BCUT2D eigenvalue weighted by molar-refractivity contribution is -0.137. The summed E-state index contributed by atoms with van der Waals surface area (Å²) in [6, 6.07) is 10.7. The van der Waals surface area contributed by atoms with Crippen molar-refractivity contribution in [2.75, 3.05) is 52.2 Å². The van der Waals surface area contributed by atoms with E-state index in [4.69, 9.17) is 30.5 Å². The summed E-state index contributed by atoms with van der Waals surface area (Å²) in [7, 11) is 1.60. The quantitative estimate of drug-likeness (QED) is 0.0618. The zero-order valence-electron chi connectivity index (χ0n) is 23.2. The van der Waals surface area contributed by atoms with E-state index in [1.165, 1.54) is 30.1 Å². The minimum absolute atomic E-state index is 0.0919. The molecule has 0 saturated carbocycles. The summed E-state index contributed by atoms with van der Waals surface area (Å²) in [6.45, 7) is 3.49. The van der Waals surface area contributed by atoms with Crippen LogP contribution in [0.4, 0.5) is 23.2 Å². The molecule has 0 unspecified atom stereocenters. The van der Waals surface area contributed by atoms with Crippen LogP contribution < -0.4 is 14.8 Å². The van der Waals surface area contributed by atoms with Gasteiger partial charge in [-0.25, -0.2) is 9.11 Å². The number of aryl methyl sites for hydroxylation is 1. The molecule has 0 spiro atoms. The minimum atomic E-state index is -4.86. The van der Waals surface area contributed by atoms with Crippen LogP contribution >= 0.6 is 23.5 Å². The van der Waals surface area contributed by atoms with Gasteiger partial charge in [0, 0.05) is 28.3 Å². The van der Waals surface area contributed by atoms with E-state index in [1.54, 1.807) is 26.2 Å². The predicted octanol–water partition coefficient (Wildman–Crippen LogP) is 6.29. The summed E-state index contributed by atoms with van der Waals surface area (Å²) < 4.78 is 77.6. The number of alkyl halides is 3. The molecular formula is C29H29ClF4N2O6S. The average Bonchev–Trinajstić information content (AvgIpc) is 2.95. The van der Waals surface area contributed by atoms with Gasteiger partial charge in [0.25, 0.3) is 5.91 Å². The van der Waals surface area contributed by atoms with Crippen molar-refractivity contribution < 1.29 is 46.1 Å². The lowest BCUT2D eigenvalue weighted by Crippen LogP contribution is -2.21. The van der Waals surface area contributed by atoms with E-state index >= 15 is 0 Å². The topological polar surface area (TPSA) is 95.1 Å². The van der Waals surface area contributed by atoms with Crippen molar-refractivity contribution in [3.8, 4) is 5.75 Å². The highest BCUT2D eigenvalue weighted by atomic mass is 35.5. The first kappa shape index (κ1) is 34.3. The lowest BCUT2D eigenvalue weighted by Gasteiger charge is -2.14. The molecule has 0 radical (unpaired) electrons. The molecule has 0 saturated heterocycles. The zero-order valence-corrected chi connectivity index (χ0v) is 24.8. The van der Waals surface area contributed by atoms with E-state index in [-0.39, 0.29) is 16.3 Å². The first-order valence-corrected chi connectivity index (χ1v) is 14.0. The number of nitrogens with one attached hydrogen (secondary N) is 2. The van der Waals surface area contributed by atoms with Crippen LogP contribution in [0.1, 0.15) is 27.0 Å². The van der Waals surface area contributed by atoms with Gasteiger partial charge in [-0.15, -0.1) is 0 Å². The molecule has 0 fully saturated rings. The Hall–Kier alpha value is -3.20. The number of amides is 1. The molecule has 232 valence electrons. The normalized spacial score (nSPS) is 11.4. The van der Waals surface area contributed by atoms with Crippen molar-refractivity contribution in [3.05, 3.63) is 87.7 Å². The third kappa shape index (κ3) is 11.1. The fourth-order valence-corrected chi connectivity index (χ4v) is 4.46. The molecule has 3 aromatic carbocycles. The molecule has 1 amide bonds. The summed E-state index contributed by atoms with van der Waals surface area (Å²) >= 11 is 7.34. The van der Waals surface area contributed by atoms with Crippen molar-refractivity contribution >= 4 is 40.9 Å². The Bertz CT molecular complexity index is 1410. The molecule has 0 aliphatic carbocycles. The summed E-state index contributed by atoms with van der Waals surface area (Å²) in [5.41, 5.74) is -0.809. The van der Waals surface area contributed by atoms with Crippen molar-refractivity contribution in [1.82, 2.24) is 4.72 Å². The summed E-state index contributed by atoms with van der Waals surface area (Å²) in [6.07, 6.45) is -4.86. The Kier molecular flexibility index (Phi) is 13.2. The standard InChI is InChI=1S/C29H29ClF4N2O6S/c1-18-11-23(43-35-17-41-10-9-40-8-7-39-2)4-5-25(18)36-27(37)16-42-26-6-3-21(30)15-24(26)28(38)19-12-20(29(32,33)34)14-22(31)13-19/h3-6,11-15,35H,7-10,16-17H2,1-2H3,(H,36,37). The van der Waals surface area contributed by atoms with Gasteiger partial charge in [-0.1, -0.05) is 11.6 Å². The number of ether oxygens (including phenoxy) is 4. The van der Waals surface area contributed by atoms with E-state index in [1.807, 2.05) is 6.07 Å². The van der Waals surface area contributed by atoms with Crippen molar-refractivity contribution in [1.29, 1.82) is 0 Å². The van der Waals surface area contributed by atoms with Crippen LogP contribution in [0.5, 0.6) is 5.75 Å². The second kappa shape index (κ2) is 16.6. The Morgan fingerprint density at radius 1 is 0.953 bits per heavy atom. The summed E-state index contributed by atoms with van der Waals surface area (Å²) in [5, 5.41) is 2.80. The Morgan fingerprint density at radius 2 is 1.70 bits per heavy atom. The third-order valence-corrected chi connectivity index (χ3v) is 6.65. The Labute approximate surface area is 255 Å². The van der Waals surface area contributed by atoms with E-state index in [2.05, 4.69) is 10.0 Å². The van der Waals surface area contributed by atoms with Crippen molar-refractivity contribution in [2.24, 2.45) is 0 Å². The minimum Gasteiger partial charge on any atom is -0.483 e. The molecule has 3 rings (SSSR count). The van der Waals surface area contributed by atoms with E-state index in [9.17, 15) is 27.2 Å². The van der Waals surface area contributed by atoms with Gasteiger partial charge < -0.3 is 24.3 Å².